The number of nitrogens with zero attached hydrogens (tertiary/aromatic N) is 2. The molecule has 172 valence electrons. The van der Waals surface area contributed by atoms with Crippen molar-refractivity contribution in [3.63, 3.8) is 0 Å². The summed E-state index contributed by atoms with van der Waals surface area (Å²) in [5, 5.41) is 8.62. The van der Waals surface area contributed by atoms with Crippen LogP contribution in [0.5, 0.6) is 5.75 Å². The van der Waals surface area contributed by atoms with Crippen molar-refractivity contribution in [1.82, 2.24) is 15.2 Å². The van der Waals surface area contributed by atoms with Crippen LogP contribution in [0.2, 0.25) is 0 Å². The molecule has 0 saturated carbocycles. The highest BCUT2D eigenvalue weighted by molar-refractivity contribution is 7.13. The van der Waals surface area contributed by atoms with Gasteiger partial charge in [0.1, 0.15) is 16.5 Å². The highest BCUT2D eigenvalue weighted by Crippen LogP contribution is 2.26. The van der Waals surface area contributed by atoms with E-state index in [4.69, 9.17) is 4.74 Å². The number of amides is 2. The first-order valence-electron chi connectivity index (χ1n) is 11.2. The Morgan fingerprint density at radius 1 is 1.09 bits per heavy atom. The van der Waals surface area contributed by atoms with E-state index in [-0.39, 0.29) is 17.9 Å². The molecule has 0 radical (unpaired) electrons. The minimum atomic E-state index is -0.149. The minimum absolute atomic E-state index is 0.0204. The lowest BCUT2D eigenvalue weighted by molar-refractivity contribution is -0.117. The van der Waals surface area contributed by atoms with E-state index in [1.807, 2.05) is 61.5 Å². The maximum absolute atomic E-state index is 12.7. The standard InChI is InChI=1S/C25H28N4O3S/c1-2-32-21-10-8-18(9-11-21)25-28-22(17-33-25)24(31)27-20-12-14-29(15-13-20)16-23(30)26-19-6-4-3-5-7-19/h3-11,17,20H,2,12-16H2,1H3,(H,26,30)(H,27,31). The van der Waals surface area contributed by atoms with Gasteiger partial charge in [-0.25, -0.2) is 4.98 Å². The largest absolute Gasteiger partial charge is 0.494 e. The molecule has 1 aliphatic heterocycles. The van der Waals surface area contributed by atoms with E-state index in [0.29, 0.717) is 18.8 Å². The number of rotatable bonds is 8. The van der Waals surface area contributed by atoms with E-state index in [1.165, 1.54) is 11.3 Å². The molecular weight excluding hydrogens is 436 g/mol. The number of likely N-dealkylation sites (tertiary alicyclic amines) is 1. The molecule has 2 amide bonds. The van der Waals surface area contributed by atoms with Crippen molar-refractivity contribution < 1.29 is 14.3 Å². The van der Waals surface area contributed by atoms with Crippen LogP contribution in [-0.2, 0) is 4.79 Å². The predicted octanol–water partition coefficient (Wildman–Crippen LogP) is 4.04. The molecule has 0 atom stereocenters. The molecule has 3 aromatic rings. The molecule has 4 rings (SSSR count). The first kappa shape index (κ1) is 22.9. The fourth-order valence-electron chi connectivity index (χ4n) is 3.79. The zero-order valence-electron chi connectivity index (χ0n) is 18.6. The van der Waals surface area contributed by atoms with E-state index in [9.17, 15) is 9.59 Å². The van der Waals surface area contributed by atoms with Gasteiger partial charge in [-0.3, -0.25) is 14.5 Å². The van der Waals surface area contributed by atoms with Crippen LogP contribution < -0.4 is 15.4 Å². The Bertz CT molecular complexity index is 1060. The van der Waals surface area contributed by atoms with E-state index in [2.05, 4.69) is 20.5 Å². The Kier molecular flexibility index (Phi) is 7.70. The molecule has 0 spiro atoms. The van der Waals surface area contributed by atoms with Gasteiger partial charge in [0.2, 0.25) is 5.91 Å². The minimum Gasteiger partial charge on any atom is -0.494 e. The van der Waals surface area contributed by atoms with E-state index < -0.39 is 0 Å². The summed E-state index contributed by atoms with van der Waals surface area (Å²) in [5.74, 6) is 0.649. The number of thiazole rings is 1. The Labute approximate surface area is 197 Å². The van der Waals surface area contributed by atoms with Crippen LogP contribution >= 0.6 is 11.3 Å². The SMILES string of the molecule is CCOc1ccc(-c2nc(C(=O)NC3CCN(CC(=O)Nc4ccccc4)CC3)cs2)cc1. The van der Waals surface area contributed by atoms with Crippen LogP contribution in [0.25, 0.3) is 10.6 Å². The average molecular weight is 465 g/mol. The van der Waals surface area contributed by atoms with Crippen molar-refractivity contribution in [3.8, 4) is 16.3 Å². The highest BCUT2D eigenvalue weighted by Gasteiger charge is 2.23. The van der Waals surface area contributed by atoms with Gasteiger partial charge in [-0.05, 0) is 56.2 Å². The predicted molar refractivity (Wildman–Crippen MR) is 131 cm³/mol. The molecule has 7 nitrogen and oxygen atoms in total. The lowest BCUT2D eigenvalue weighted by Gasteiger charge is -2.31. The van der Waals surface area contributed by atoms with Gasteiger partial charge in [0.25, 0.3) is 5.91 Å². The molecule has 2 aromatic carbocycles. The van der Waals surface area contributed by atoms with Crippen molar-refractivity contribution in [2.45, 2.75) is 25.8 Å². The smallest absolute Gasteiger partial charge is 0.270 e. The third-order valence-corrected chi connectivity index (χ3v) is 6.39. The van der Waals surface area contributed by atoms with Gasteiger partial charge in [0.05, 0.1) is 13.2 Å². The summed E-state index contributed by atoms with van der Waals surface area (Å²) in [4.78, 5) is 31.6. The number of hydrogen-bond donors (Lipinski definition) is 2. The van der Waals surface area contributed by atoms with Gasteiger partial charge in [-0.1, -0.05) is 18.2 Å². The summed E-state index contributed by atoms with van der Waals surface area (Å²) in [6.07, 6.45) is 1.61. The van der Waals surface area contributed by atoms with Gasteiger partial charge in [-0.2, -0.15) is 0 Å². The Hall–Kier alpha value is -3.23. The Morgan fingerprint density at radius 2 is 1.82 bits per heavy atom. The summed E-state index contributed by atoms with van der Waals surface area (Å²) in [5.41, 5.74) is 2.20. The van der Waals surface area contributed by atoms with Crippen molar-refractivity contribution in [2.24, 2.45) is 0 Å². The third-order valence-electron chi connectivity index (χ3n) is 5.50. The Morgan fingerprint density at radius 3 is 2.52 bits per heavy atom. The monoisotopic (exact) mass is 464 g/mol. The van der Waals surface area contributed by atoms with E-state index >= 15 is 0 Å². The second-order valence-corrected chi connectivity index (χ2v) is 8.79. The average Bonchev–Trinajstić information content (AvgIpc) is 3.32. The lowest BCUT2D eigenvalue weighted by atomic mass is 10.0. The molecule has 2 heterocycles. The number of piperidine rings is 1. The topological polar surface area (TPSA) is 83.6 Å². The first-order valence-corrected chi connectivity index (χ1v) is 12.1. The quantitative estimate of drug-likeness (QED) is 0.526. The van der Waals surface area contributed by atoms with Crippen LogP contribution in [0.3, 0.4) is 0 Å². The molecule has 0 unspecified atom stereocenters. The lowest BCUT2D eigenvalue weighted by Crippen LogP contribution is -2.46. The fraction of sp³-hybridized carbons (Fsp3) is 0.320. The fourth-order valence-corrected chi connectivity index (χ4v) is 4.60. The number of ether oxygens (including phenoxy) is 1. The van der Waals surface area contributed by atoms with Crippen LogP contribution in [0, 0.1) is 0 Å². The van der Waals surface area contributed by atoms with Crippen LogP contribution in [0.1, 0.15) is 30.3 Å². The number of para-hydroxylation sites is 1. The second kappa shape index (κ2) is 11.1. The number of anilines is 1. The molecule has 1 fully saturated rings. The molecule has 1 saturated heterocycles. The van der Waals surface area contributed by atoms with E-state index in [0.717, 1.165) is 47.9 Å². The van der Waals surface area contributed by atoms with Crippen molar-refractivity contribution in [3.05, 3.63) is 65.7 Å². The zero-order valence-corrected chi connectivity index (χ0v) is 19.4. The van der Waals surface area contributed by atoms with Crippen LogP contribution in [0.4, 0.5) is 5.69 Å². The van der Waals surface area contributed by atoms with Gasteiger partial charge in [-0.15, -0.1) is 11.3 Å². The van der Waals surface area contributed by atoms with Crippen molar-refractivity contribution in [2.75, 3.05) is 31.6 Å². The summed E-state index contributed by atoms with van der Waals surface area (Å²) in [6.45, 7) is 4.46. The second-order valence-electron chi connectivity index (χ2n) is 7.93. The molecule has 0 aliphatic carbocycles. The molecule has 1 aliphatic rings. The van der Waals surface area contributed by atoms with Gasteiger partial charge < -0.3 is 15.4 Å². The van der Waals surface area contributed by atoms with E-state index in [1.54, 1.807) is 5.38 Å². The summed E-state index contributed by atoms with van der Waals surface area (Å²) in [7, 11) is 0. The zero-order chi connectivity index (χ0) is 23.0. The molecule has 1 aromatic heterocycles. The highest BCUT2D eigenvalue weighted by atomic mass is 32.1. The summed E-state index contributed by atoms with van der Waals surface area (Å²) < 4.78 is 5.47. The summed E-state index contributed by atoms with van der Waals surface area (Å²) in [6, 6.07) is 17.3. The maximum Gasteiger partial charge on any atom is 0.270 e. The number of nitrogens with one attached hydrogen (secondary N) is 2. The Balaban J connectivity index is 1.23. The number of aromatic nitrogens is 1. The number of carbonyl (C=O) groups excluding carboxylic acids is 2. The van der Waals surface area contributed by atoms with Crippen LogP contribution in [0.15, 0.2) is 60.0 Å². The van der Waals surface area contributed by atoms with Gasteiger partial charge in [0.15, 0.2) is 0 Å². The first-order chi connectivity index (χ1) is 16.1. The molecule has 2 N–H and O–H groups in total. The number of benzene rings is 2. The molecule has 33 heavy (non-hydrogen) atoms. The third kappa shape index (κ3) is 6.40. The molecule has 0 bridgehead atoms. The maximum atomic E-state index is 12.7. The van der Waals surface area contributed by atoms with Gasteiger partial charge in [0, 0.05) is 35.8 Å². The van der Waals surface area contributed by atoms with Crippen molar-refractivity contribution in [1.29, 1.82) is 0 Å². The molecular formula is C25H28N4O3S. The van der Waals surface area contributed by atoms with Crippen molar-refractivity contribution >= 4 is 28.8 Å². The normalized spacial score (nSPS) is 14.6. The molecule has 8 heteroatoms. The number of hydrogen-bond acceptors (Lipinski definition) is 6. The number of carbonyl (C=O) groups is 2. The summed E-state index contributed by atoms with van der Waals surface area (Å²) >= 11 is 1.45. The van der Waals surface area contributed by atoms with Gasteiger partial charge >= 0.3 is 0 Å². The van der Waals surface area contributed by atoms with Crippen LogP contribution in [-0.4, -0.2) is 54.0 Å².